The van der Waals surface area contributed by atoms with Crippen LogP contribution in [0, 0.1) is 11.6 Å². The van der Waals surface area contributed by atoms with E-state index in [-0.39, 0.29) is 22.8 Å². The van der Waals surface area contributed by atoms with E-state index in [0.717, 1.165) is 6.07 Å². The van der Waals surface area contributed by atoms with E-state index < -0.39 is 23.1 Å². The van der Waals surface area contributed by atoms with Gasteiger partial charge in [0.2, 0.25) is 0 Å². The number of thiazole rings is 1. The summed E-state index contributed by atoms with van der Waals surface area (Å²) in [5.74, 6) is -1.56. The minimum atomic E-state index is -0.764. The number of nitrogen functional groups attached to an aromatic ring is 1. The van der Waals surface area contributed by atoms with Gasteiger partial charge in [-0.3, -0.25) is 14.2 Å². The Morgan fingerprint density at radius 3 is 2.53 bits per heavy atom. The molecule has 9 nitrogen and oxygen atoms in total. The summed E-state index contributed by atoms with van der Waals surface area (Å²) in [5.41, 5.74) is 7.54. The molecule has 38 heavy (non-hydrogen) atoms. The van der Waals surface area contributed by atoms with Gasteiger partial charge in [0.15, 0.2) is 11.6 Å². The molecule has 0 fully saturated rings. The lowest BCUT2D eigenvalue weighted by atomic mass is 10.1. The molecule has 2 aromatic carbocycles. The number of nitrogens with two attached hydrogens (primary N) is 1. The fraction of sp³-hybridized carbons (Fsp3) is 0.0769. The third-order valence-corrected chi connectivity index (χ3v) is 6.37. The van der Waals surface area contributed by atoms with Crippen LogP contribution < -0.4 is 26.2 Å². The fourth-order valence-corrected chi connectivity index (χ4v) is 4.74. The van der Waals surface area contributed by atoms with Gasteiger partial charge in [-0.1, -0.05) is 0 Å². The number of pyridine rings is 2. The zero-order valence-electron chi connectivity index (χ0n) is 20.1. The molecule has 0 unspecified atom stereocenters. The molecule has 5 aromatic rings. The Hall–Kier alpha value is -4.84. The van der Waals surface area contributed by atoms with Crippen molar-refractivity contribution in [1.82, 2.24) is 14.5 Å². The topological polar surface area (TPSA) is 115 Å². The maximum absolute atomic E-state index is 14.8. The van der Waals surface area contributed by atoms with E-state index in [1.165, 1.54) is 70.6 Å². The zero-order valence-corrected chi connectivity index (χ0v) is 20.9. The number of hydrogen-bond acceptors (Lipinski definition) is 8. The molecule has 3 heterocycles. The molecule has 0 saturated heterocycles. The highest BCUT2D eigenvalue weighted by atomic mass is 32.1. The number of nitrogens with zero attached hydrogens (tertiary/aromatic N) is 4. The van der Waals surface area contributed by atoms with Crippen LogP contribution in [0.2, 0.25) is 0 Å². The van der Waals surface area contributed by atoms with Crippen LogP contribution >= 0.6 is 11.3 Å². The van der Waals surface area contributed by atoms with E-state index in [2.05, 4.69) is 15.3 Å². The van der Waals surface area contributed by atoms with Crippen molar-refractivity contribution in [3.8, 4) is 17.2 Å². The second-order valence-electron chi connectivity index (χ2n) is 8.36. The molecule has 12 heteroatoms. The molecule has 3 aromatic heterocycles. The van der Waals surface area contributed by atoms with Crippen LogP contribution in [-0.4, -0.2) is 34.5 Å². The Labute approximate surface area is 218 Å². The predicted molar refractivity (Wildman–Crippen MR) is 143 cm³/mol. The maximum atomic E-state index is 14.8. The van der Waals surface area contributed by atoms with Gasteiger partial charge in [0, 0.05) is 38.1 Å². The molecule has 3 N–H and O–H groups in total. The molecule has 192 valence electrons. The first-order valence-electron chi connectivity index (χ1n) is 11.2. The standard InChI is InChI=1S/C26H20F2N6O3S/c1-33(2)23-21(25(36)34(26-22(23)31-13-38-26)16-6-3-14(27)4-7-16)24(35)32-15-5-8-19(18(28)11-15)37-17-9-10-30-20(29)12-17/h3-13H,1-2H3,(H2,29,30)(H,32,35). The zero-order chi connectivity index (χ0) is 27.0. The second kappa shape index (κ2) is 9.90. The summed E-state index contributed by atoms with van der Waals surface area (Å²) >= 11 is 1.21. The number of hydrogen-bond donors (Lipinski definition) is 2. The van der Waals surface area contributed by atoms with Crippen LogP contribution in [-0.2, 0) is 0 Å². The molecule has 0 atom stereocenters. The highest BCUT2D eigenvalue weighted by molar-refractivity contribution is 7.16. The van der Waals surface area contributed by atoms with E-state index in [0.29, 0.717) is 27.5 Å². The van der Waals surface area contributed by atoms with Crippen molar-refractivity contribution in [2.24, 2.45) is 0 Å². The Morgan fingerprint density at radius 1 is 1.08 bits per heavy atom. The molecule has 0 spiro atoms. The van der Waals surface area contributed by atoms with E-state index in [1.54, 1.807) is 24.5 Å². The number of halogens is 2. The van der Waals surface area contributed by atoms with Gasteiger partial charge in [0.25, 0.3) is 11.5 Å². The Bertz CT molecular complexity index is 1730. The maximum Gasteiger partial charge on any atom is 0.271 e. The average Bonchev–Trinajstić information content (AvgIpc) is 3.34. The van der Waals surface area contributed by atoms with Gasteiger partial charge >= 0.3 is 0 Å². The number of benzene rings is 2. The summed E-state index contributed by atoms with van der Waals surface area (Å²) in [4.78, 5) is 37.5. The third kappa shape index (κ3) is 4.64. The number of carbonyl (C=O) groups is 1. The first-order chi connectivity index (χ1) is 18.2. The minimum absolute atomic E-state index is 0.0925. The SMILES string of the molecule is CN(C)c1c(C(=O)Nc2ccc(Oc3ccnc(N)c3)c(F)c2)c(=O)n(-c2ccc(F)cc2)c2scnc12. The van der Waals surface area contributed by atoms with Crippen LogP contribution in [0.4, 0.5) is 26.0 Å². The number of anilines is 3. The quantitative estimate of drug-likeness (QED) is 0.321. The Balaban J connectivity index is 1.54. The lowest BCUT2D eigenvalue weighted by Crippen LogP contribution is -2.32. The Morgan fingerprint density at radius 2 is 1.84 bits per heavy atom. The number of aromatic nitrogens is 3. The molecular formula is C26H20F2N6O3S. The minimum Gasteiger partial charge on any atom is -0.454 e. The summed E-state index contributed by atoms with van der Waals surface area (Å²) < 4.78 is 35.2. The summed E-state index contributed by atoms with van der Waals surface area (Å²) in [7, 11) is 3.37. The average molecular weight is 535 g/mol. The predicted octanol–water partition coefficient (Wildman–Crippen LogP) is 4.81. The molecular weight excluding hydrogens is 514 g/mol. The fourth-order valence-electron chi connectivity index (χ4n) is 3.92. The van der Waals surface area contributed by atoms with E-state index >= 15 is 0 Å². The summed E-state index contributed by atoms with van der Waals surface area (Å²) in [6.07, 6.45) is 1.43. The summed E-state index contributed by atoms with van der Waals surface area (Å²) in [6, 6.07) is 12.2. The molecule has 0 saturated carbocycles. The van der Waals surface area contributed by atoms with Crippen molar-refractivity contribution in [3.63, 3.8) is 0 Å². The highest BCUT2D eigenvalue weighted by Gasteiger charge is 2.26. The smallest absolute Gasteiger partial charge is 0.271 e. The lowest BCUT2D eigenvalue weighted by molar-refractivity contribution is 0.102. The van der Waals surface area contributed by atoms with Gasteiger partial charge in [-0.05, 0) is 42.5 Å². The van der Waals surface area contributed by atoms with Crippen LogP contribution in [0.25, 0.3) is 16.0 Å². The number of amides is 1. The van der Waals surface area contributed by atoms with Gasteiger partial charge in [0.1, 0.15) is 33.3 Å². The van der Waals surface area contributed by atoms with Crippen molar-refractivity contribution < 1.29 is 18.3 Å². The highest BCUT2D eigenvalue weighted by Crippen LogP contribution is 2.32. The Kier molecular flexibility index (Phi) is 6.47. The molecule has 0 aliphatic heterocycles. The van der Waals surface area contributed by atoms with E-state index in [4.69, 9.17) is 10.5 Å². The molecule has 1 amide bonds. The van der Waals surface area contributed by atoms with Gasteiger partial charge < -0.3 is 20.7 Å². The summed E-state index contributed by atoms with van der Waals surface area (Å²) in [6.45, 7) is 0. The molecule has 0 aliphatic rings. The number of ether oxygens (including phenoxy) is 1. The van der Waals surface area contributed by atoms with Crippen molar-refractivity contribution in [2.45, 2.75) is 0 Å². The molecule has 0 bridgehead atoms. The number of carbonyl (C=O) groups excluding carboxylic acids is 1. The normalized spacial score (nSPS) is 10.9. The van der Waals surface area contributed by atoms with Gasteiger partial charge in [-0.15, -0.1) is 11.3 Å². The second-order valence-corrected chi connectivity index (χ2v) is 9.19. The first-order valence-corrected chi connectivity index (χ1v) is 12.1. The lowest BCUT2D eigenvalue weighted by Gasteiger charge is -2.20. The van der Waals surface area contributed by atoms with Crippen LogP contribution in [0.1, 0.15) is 10.4 Å². The molecule has 0 aliphatic carbocycles. The van der Waals surface area contributed by atoms with Crippen molar-refractivity contribution in [2.75, 3.05) is 30.0 Å². The largest absolute Gasteiger partial charge is 0.454 e. The molecule has 5 rings (SSSR count). The van der Waals surface area contributed by atoms with Gasteiger partial charge in [-0.25, -0.2) is 18.7 Å². The monoisotopic (exact) mass is 534 g/mol. The summed E-state index contributed by atoms with van der Waals surface area (Å²) in [5, 5.41) is 2.59. The van der Waals surface area contributed by atoms with Crippen molar-refractivity contribution in [3.05, 3.63) is 93.9 Å². The molecule has 0 radical (unpaired) electrons. The van der Waals surface area contributed by atoms with Crippen LogP contribution in [0.3, 0.4) is 0 Å². The first kappa shape index (κ1) is 24.8. The van der Waals surface area contributed by atoms with Crippen LogP contribution in [0.15, 0.2) is 71.1 Å². The number of nitrogens with one attached hydrogen (secondary N) is 1. The van der Waals surface area contributed by atoms with Gasteiger partial charge in [-0.2, -0.15) is 0 Å². The number of fused-ring (bicyclic) bond motifs is 1. The van der Waals surface area contributed by atoms with E-state index in [9.17, 15) is 18.4 Å². The van der Waals surface area contributed by atoms with E-state index in [1.807, 2.05) is 0 Å². The van der Waals surface area contributed by atoms with Crippen LogP contribution in [0.5, 0.6) is 11.5 Å². The van der Waals surface area contributed by atoms with Crippen molar-refractivity contribution in [1.29, 1.82) is 0 Å². The van der Waals surface area contributed by atoms with Crippen molar-refractivity contribution >= 4 is 44.8 Å². The van der Waals surface area contributed by atoms with Gasteiger partial charge in [0.05, 0.1) is 16.9 Å². The number of rotatable bonds is 6. The third-order valence-electron chi connectivity index (χ3n) is 5.56.